The van der Waals surface area contributed by atoms with Gasteiger partial charge in [0, 0.05) is 49.0 Å². The van der Waals surface area contributed by atoms with E-state index < -0.39 is 0 Å². The molecule has 1 saturated heterocycles. The highest BCUT2D eigenvalue weighted by molar-refractivity contribution is 5.94. The SMILES string of the molecule is CC(C)C(=O)Nc1ccc(N2CCN(C(=O)c3ccc(C(C)(C)C)cc3)CC2)cc1. The molecule has 30 heavy (non-hydrogen) atoms. The highest BCUT2D eigenvalue weighted by atomic mass is 16.2. The molecule has 0 bridgehead atoms. The molecule has 1 aliphatic heterocycles. The molecule has 1 heterocycles. The molecule has 0 radical (unpaired) electrons. The van der Waals surface area contributed by atoms with Crippen LogP contribution in [-0.4, -0.2) is 42.9 Å². The molecule has 0 aliphatic carbocycles. The van der Waals surface area contributed by atoms with Crippen LogP contribution in [0.15, 0.2) is 48.5 Å². The van der Waals surface area contributed by atoms with E-state index in [9.17, 15) is 9.59 Å². The lowest BCUT2D eigenvalue weighted by Gasteiger charge is -2.36. The Bertz CT molecular complexity index is 872. The van der Waals surface area contributed by atoms with Gasteiger partial charge in [-0.1, -0.05) is 46.8 Å². The summed E-state index contributed by atoms with van der Waals surface area (Å²) in [5.41, 5.74) is 3.99. The number of hydrogen-bond donors (Lipinski definition) is 1. The van der Waals surface area contributed by atoms with Crippen molar-refractivity contribution in [3.63, 3.8) is 0 Å². The summed E-state index contributed by atoms with van der Waals surface area (Å²) in [6, 6.07) is 15.9. The molecule has 0 aromatic heterocycles. The van der Waals surface area contributed by atoms with Gasteiger partial charge in [0.2, 0.25) is 5.91 Å². The van der Waals surface area contributed by atoms with Crippen molar-refractivity contribution in [3.05, 3.63) is 59.7 Å². The number of nitrogens with one attached hydrogen (secondary N) is 1. The fraction of sp³-hybridized carbons (Fsp3) is 0.440. The van der Waals surface area contributed by atoms with Crippen molar-refractivity contribution >= 4 is 23.2 Å². The quantitative estimate of drug-likeness (QED) is 0.809. The second kappa shape index (κ2) is 8.90. The number of anilines is 2. The third-order valence-corrected chi connectivity index (χ3v) is 5.59. The van der Waals surface area contributed by atoms with Crippen molar-refractivity contribution < 1.29 is 9.59 Å². The Morgan fingerprint density at radius 3 is 1.93 bits per heavy atom. The molecule has 1 fully saturated rings. The van der Waals surface area contributed by atoms with E-state index in [0.717, 1.165) is 30.0 Å². The lowest BCUT2D eigenvalue weighted by molar-refractivity contribution is -0.118. The molecule has 2 aromatic rings. The largest absolute Gasteiger partial charge is 0.368 e. The predicted octanol–water partition coefficient (Wildman–Crippen LogP) is 4.54. The number of piperazine rings is 1. The fourth-order valence-electron chi connectivity index (χ4n) is 3.51. The molecule has 0 saturated carbocycles. The third kappa shape index (κ3) is 5.21. The van der Waals surface area contributed by atoms with E-state index in [-0.39, 0.29) is 23.1 Å². The highest BCUT2D eigenvalue weighted by Crippen LogP contribution is 2.23. The van der Waals surface area contributed by atoms with Crippen molar-refractivity contribution in [3.8, 4) is 0 Å². The topological polar surface area (TPSA) is 52.7 Å². The summed E-state index contributed by atoms with van der Waals surface area (Å²) in [5, 5.41) is 2.91. The van der Waals surface area contributed by atoms with Gasteiger partial charge in [0.05, 0.1) is 0 Å². The first-order valence-corrected chi connectivity index (χ1v) is 10.7. The van der Waals surface area contributed by atoms with Crippen molar-refractivity contribution in [2.24, 2.45) is 5.92 Å². The summed E-state index contributed by atoms with van der Waals surface area (Å²) >= 11 is 0. The van der Waals surface area contributed by atoms with Crippen LogP contribution in [0.5, 0.6) is 0 Å². The van der Waals surface area contributed by atoms with Gasteiger partial charge in [-0.2, -0.15) is 0 Å². The Morgan fingerprint density at radius 2 is 1.43 bits per heavy atom. The van der Waals surface area contributed by atoms with E-state index in [1.54, 1.807) is 0 Å². The number of carbonyl (C=O) groups excluding carboxylic acids is 2. The fourth-order valence-corrected chi connectivity index (χ4v) is 3.51. The zero-order chi connectivity index (χ0) is 21.9. The van der Waals surface area contributed by atoms with Crippen LogP contribution in [-0.2, 0) is 10.2 Å². The first-order chi connectivity index (χ1) is 14.1. The van der Waals surface area contributed by atoms with Crippen molar-refractivity contribution in [1.82, 2.24) is 4.90 Å². The monoisotopic (exact) mass is 407 g/mol. The Labute approximate surface area is 180 Å². The van der Waals surface area contributed by atoms with E-state index in [4.69, 9.17) is 0 Å². The lowest BCUT2D eigenvalue weighted by Crippen LogP contribution is -2.48. The van der Waals surface area contributed by atoms with Crippen LogP contribution < -0.4 is 10.2 Å². The molecule has 1 aliphatic rings. The van der Waals surface area contributed by atoms with E-state index in [2.05, 4.69) is 43.1 Å². The zero-order valence-electron chi connectivity index (χ0n) is 18.7. The molecule has 1 N–H and O–H groups in total. The maximum Gasteiger partial charge on any atom is 0.253 e. The van der Waals surface area contributed by atoms with Crippen LogP contribution in [0.1, 0.15) is 50.5 Å². The van der Waals surface area contributed by atoms with Crippen molar-refractivity contribution in [1.29, 1.82) is 0 Å². The first kappa shape index (κ1) is 21.9. The molecule has 0 atom stereocenters. The van der Waals surface area contributed by atoms with Gasteiger partial charge in [0.25, 0.3) is 5.91 Å². The average molecular weight is 408 g/mol. The molecule has 0 spiro atoms. The summed E-state index contributed by atoms with van der Waals surface area (Å²) in [7, 11) is 0. The molecular weight excluding hydrogens is 374 g/mol. The minimum atomic E-state index is -0.0417. The Hall–Kier alpha value is -2.82. The van der Waals surface area contributed by atoms with Crippen LogP contribution in [0.4, 0.5) is 11.4 Å². The van der Waals surface area contributed by atoms with Crippen LogP contribution in [0.2, 0.25) is 0 Å². The predicted molar refractivity (Wildman–Crippen MR) is 123 cm³/mol. The minimum Gasteiger partial charge on any atom is -0.368 e. The minimum absolute atomic E-state index is 0.0189. The van der Waals surface area contributed by atoms with Gasteiger partial charge in [0.1, 0.15) is 0 Å². The highest BCUT2D eigenvalue weighted by Gasteiger charge is 2.23. The molecular formula is C25H33N3O2. The van der Waals surface area contributed by atoms with Gasteiger partial charge in [-0.3, -0.25) is 9.59 Å². The van der Waals surface area contributed by atoms with Crippen LogP contribution >= 0.6 is 0 Å². The number of nitrogens with zero attached hydrogens (tertiary/aromatic N) is 2. The van der Waals surface area contributed by atoms with Crippen LogP contribution in [0.25, 0.3) is 0 Å². The van der Waals surface area contributed by atoms with Crippen molar-refractivity contribution in [2.45, 2.75) is 40.0 Å². The van der Waals surface area contributed by atoms with E-state index in [1.807, 2.05) is 55.1 Å². The van der Waals surface area contributed by atoms with Gasteiger partial charge >= 0.3 is 0 Å². The van der Waals surface area contributed by atoms with Crippen LogP contribution in [0.3, 0.4) is 0 Å². The van der Waals surface area contributed by atoms with Gasteiger partial charge in [-0.25, -0.2) is 0 Å². The van der Waals surface area contributed by atoms with Crippen molar-refractivity contribution in [2.75, 3.05) is 36.4 Å². The summed E-state index contributed by atoms with van der Waals surface area (Å²) in [6.07, 6.45) is 0. The normalized spacial score (nSPS) is 14.7. The zero-order valence-corrected chi connectivity index (χ0v) is 18.7. The molecule has 3 rings (SSSR count). The molecule has 2 amide bonds. The molecule has 5 heteroatoms. The van der Waals surface area contributed by atoms with Gasteiger partial charge in [0.15, 0.2) is 0 Å². The van der Waals surface area contributed by atoms with E-state index >= 15 is 0 Å². The van der Waals surface area contributed by atoms with E-state index in [0.29, 0.717) is 13.1 Å². The number of amides is 2. The first-order valence-electron chi connectivity index (χ1n) is 10.7. The summed E-state index contributed by atoms with van der Waals surface area (Å²) in [6.45, 7) is 13.3. The number of benzene rings is 2. The summed E-state index contributed by atoms with van der Waals surface area (Å²) in [4.78, 5) is 28.9. The summed E-state index contributed by atoms with van der Waals surface area (Å²) in [5.74, 6) is 0.0761. The number of hydrogen-bond acceptors (Lipinski definition) is 3. The summed E-state index contributed by atoms with van der Waals surface area (Å²) < 4.78 is 0. The Kier molecular flexibility index (Phi) is 6.49. The standard InChI is InChI=1S/C25H33N3O2/c1-18(2)23(29)26-21-10-12-22(13-11-21)27-14-16-28(17-15-27)24(30)19-6-8-20(9-7-19)25(3,4)5/h6-13,18H,14-17H2,1-5H3,(H,26,29). The number of rotatable bonds is 4. The van der Waals surface area contributed by atoms with Gasteiger partial charge in [-0.15, -0.1) is 0 Å². The lowest BCUT2D eigenvalue weighted by atomic mass is 9.86. The number of carbonyl (C=O) groups is 2. The van der Waals surface area contributed by atoms with Crippen LogP contribution in [0, 0.1) is 5.92 Å². The molecule has 0 unspecified atom stereocenters. The second-order valence-corrected chi connectivity index (χ2v) is 9.30. The van der Waals surface area contributed by atoms with Gasteiger partial charge < -0.3 is 15.1 Å². The van der Waals surface area contributed by atoms with E-state index in [1.165, 1.54) is 5.56 Å². The third-order valence-electron chi connectivity index (χ3n) is 5.59. The maximum absolute atomic E-state index is 12.9. The maximum atomic E-state index is 12.9. The molecule has 5 nitrogen and oxygen atoms in total. The second-order valence-electron chi connectivity index (χ2n) is 9.30. The Balaban J connectivity index is 1.56. The molecule has 2 aromatic carbocycles. The van der Waals surface area contributed by atoms with Gasteiger partial charge in [-0.05, 0) is 47.4 Å². The smallest absolute Gasteiger partial charge is 0.253 e. The average Bonchev–Trinajstić information content (AvgIpc) is 2.73. The molecule has 160 valence electrons. The Morgan fingerprint density at radius 1 is 0.867 bits per heavy atom.